The van der Waals surface area contributed by atoms with E-state index < -0.39 is 17.9 Å². The Balaban J connectivity index is 2.02. The summed E-state index contributed by atoms with van der Waals surface area (Å²) in [7, 11) is 0. The SMILES string of the molecule is CCc1ccccc1N=Cc1c(CC(=O)[O-])[nH]n(-c2ccc(NC(C)=O)cc2)c1=O. The van der Waals surface area contributed by atoms with Crippen LogP contribution in [-0.2, 0) is 22.4 Å². The van der Waals surface area contributed by atoms with Gasteiger partial charge in [-0.15, -0.1) is 0 Å². The van der Waals surface area contributed by atoms with E-state index in [1.807, 2.05) is 31.2 Å². The van der Waals surface area contributed by atoms with E-state index in [0.717, 1.165) is 12.0 Å². The summed E-state index contributed by atoms with van der Waals surface area (Å²) in [5.74, 6) is -1.52. The number of carboxylic acid groups (broad SMARTS) is 1. The summed E-state index contributed by atoms with van der Waals surface area (Å²) >= 11 is 0. The molecule has 8 heteroatoms. The third-order valence-corrected chi connectivity index (χ3v) is 4.48. The minimum atomic E-state index is -1.31. The number of H-pyrrole nitrogens is 1. The number of carbonyl (C=O) groups excluding carboxylic acids is 2. The summed E-state index contributed by atoms with van der Waals surface area (Å²) in [4.78, 5) is 39.7. The first-order chi connectivity index (χ1) is 14.4. The maximum atomic E-state index is 13.0. The Bertz CT molecular complexity index is 1160. The fraction of sp³-hybridized carbons (Fsp3) is 0.182. The van der Waals surface area contributed by atoms with Gasteiger partial charge in [-0.3, -0.25) is 19.7 Å². The van der Waals surface area contributed by atoms with Gasteiger partial charge in [0.1, 0.15) is 0 Å². The summed E-state index contributed by atoms with van der Waals surface area (Å²) in [6.07, 6.45) is 1.70. The highest BCUT2D eigenvalue weighted by molar-refractivity contribution is 5.88. The number of benzene rings is 2. The number of para-hydroxylation sites is 1. The van der Waals surface area contributed by atoms with Crippen molar-refractivity contribution < 1.29 is 14.7 Å². The lowest BCUT2D eigenvalue weighted by Crippen LogP contribution is -2.25. The molecule has 0 saturated heterocycles. The van der Waals surface area contributed by atoms with Gasteiger partial charge in [0.25, 0.3) is 5.56 Å². The molecule has 0 spiro atoms. The zero-order chi connectivity index (χ0) is 21.7. The molecule has 0 radical (unpaired) electrons. The molecule has 0 aliphatic heterocycles. The molecule has 1 heterocycles. The van der Waals surface area contributed by atoms with Gasteiger partial charge < -0.3 is 15.2 Å². The lowest BCUT2D eigenvalue weighted by molar-refractivity contribution is -0.304. The van der Waals surface area contributed by atoms with Gasteiger partial charge in [-0.2, -0.15) is 0 Å². The molecule has 8 nitrogen and oxygen atoms in total. The molecule has 2 aromatic carbocycles. The van der Waals surface area contributed by atoms with E-state index in [-0.39, 0.29) is 17.2 Å². The first-order valence-corrected chi connectivity index (χ1v) is 9.42. The van der Waals surface area contributed by atoms with Crippen molar-refractivity contribution in [2.75, 3.05) is 5.32 Å². The average Bonchev–Trinajstić information content (AvgIpc) is 3.01. The molecule has 0 atom stereocenters. The van der Waals surface area contributed by atoms with Crippen molar-refractivity contribution in [2.24, 2.45) is 4.99 Å². The third kappa shape index (κ3) is 4.72. The van der Waals surface area contributed by atoms with Gasteiger partial charge >= 0.3 is 0 Å². The molecule has 0 aliphatic carbocycles. The first kappa shape index (κ1) is 20.8. The molecule has 154 valence electrons. The Morgan fingerprint density at radius 3 is 2.50 bits per heavy atom. The normalized spacial score (nSPS) is 11.0. The monoisotopic (exact) mass is 405 g/mol. The molecule has 2 N–H and O–H groups in total. The van der Waals surface area contributed by atoms with Crippen molar-refractivity contribution >= 4 is 29.5 Å². The maximum absolute atomic E-state index is 13.0. The molecule has 30 heavy (non-hydrogen) atoms. The number of nitrogens with one attached hydrogen (secondary N) is 2. The second-order valence-corrected chi connectivity index (χ2v) is 6.66. The second kappa shape index (κ2) is 9.04. The number of carboxylic acids is 1. The molecule has 3 aromatic rings. The standard InChI is InChI=1S/C22H22N4O4/c1-3-15-6-4-5-7-19(15)23-13-18-20(12-21(28)29)25-26(22(18)30)17-10-8-16(9-11-17)24-14(2)27/h4-11,13,25H,3,12H2,1-2H3,(H,24,27)(H,28,29)/p-1. The number of aromatic amines is 1. The van der Waals surface area contributed by atoms with Crippen molar-refractivity contribution in [3.05, 3.63) is 75.7 Å². The zero-order valence-corrected chi connectivity index (χ0v) is 16.6. The van der Waals surface area contributed by atoms with Crippen molar-refractivity contribution in [2.45, 2.75) is 26.7 Å². The zero-order valence-electron chi connectivity index (χ0n) is 16.6. The van der Waals surface area contributed by atoms with E-state index in [1.54, 1.807) is 24.3 Å². The number of amides is 1. The van der Waals surface area contributed by atoms with Gasteiger partial charge in [-0.25, -0.2) is 4.68 Å². The van der Waals surface area contributed by atoms with Gasteiger partial charge in [-0.05, 0) is 42.3 Å². The van der Waals surface area contributed by atoms with Gasteiger partial charge in [0.05, 0.1) is 22.6 Å². The van der Waals surface area contributed by atoms with Gasteiger partial charge in [-0.1, -0.05) is 25.1 Å². The van der Waals surface area contributed by atoms with E-state index >= 15 is 0 Å². The molecular formula is C22H21N4O4-. The summed E-state index contributed by atoms with van der Waals surface area (Å²) < 4.78 is 1.24. The van der Waals surface area contributed by atoms with Crippen molar-refractivity contribution in [1.82, 2.24) is 9.78 Å². The number of aliphatic imine (C=N–C) groups is 1. The highest BCUT2D eigenvalue weighted by Gasteiger charge is 2.14. The van der Waals surface area contributed by atoms with Crippen LogP contribution in [0.25, 0.3) is 5.69 Å². The summed E-state index contributed by atoms with van der Waals surface area (Å²) in [6, 6.07) is 14.1. The molecule has 0 bridgehead atoms. The van der Waals surface area contributed by atoms with Crippen LogP contribution in [0.4, 0.5) is 11.4 Å². The highest BCUT2D eigenvalue weighted by atomic mass is 16.4. The number of carbonyl (C=O) groups is 2. The second-order valence-electron chi connectivity index (χ2n) is 6.66. The number of rotatable bonds is 7. The molecule has 0 saturated carbocycles. The largest absolute Gasteiger partial charge is 0.550 e. The van der Waals surface area contributed by atoms with Crippen LogP contribution in [-0.4, -0.2) is 27.9 Å². The predicted octanol–water partition coefficient (Wildman–Crippen LogP) is 1.73. The van der Waals surface area contributed by atoms with E-state index in [2.05, 4.69) is 15.4 Å². The van der Waals surface area contributed by atoms with E-state index in [0.29, 0.717) is 17.1 Å². The fourth-order valence-corrected chi connectivity index (χ4v) is 3.06. The van der Waals surface area contributed by atoms with Crippen LogP contribution in [0, 0.1) is 0 Å². The topological polar surface area (TPSA) is 119 Å². The van der Waals surface area contributed by atoms with Crippen LogP contribution >= 0.6 is 0 Å². The van der Waals surface area contributed by atoms with Crippen LogP contribution in [0.1, 0.15) is 30.7 Å². The van der Waals surface area contributed by atoms with Crippen LogP contribution < -0.4 is 16.0 Å². The highest BCUT2D eigenvalue weighted by Crippen LogP contribution is 2.19. The van der Waals surface area contributed by atoms with Crippen LogP contribution in [0.15, 0.2) is 58.3 Å². The number of aliphatic carboxylic acids is 1. The van der Waals surface area contributed by atoms with Crippen LogP contribution in [0.2, 0.25) is 0 Å². The number of hydrogen-bond donors (Lipinski definition) is 2. The lowest BCUT2D eigenvalue weighted by Gasteiger charge is -2.05. The van der Waals surface area contributed by atoms with Gasteiger partial charge in [0, 0.05) is 31.2 Å². The van der Waals surface area contributed by atoms with Crippen LogP contribution in [0.5, 0.6) is 0 Å². The Labute approximate surface area is 172 Å². The van der Waals surface area contributed by atoms with E-state index in [9.17, 15) is 19.5 Å². The van der Waals surface area contributed by atoms with Crippen LogP contribution in [0.3, 0.4) is 0 Å². The number of aryl methyl sites for hydroxylation is 1. The maximum Gasteiger partial charge on any atom is 0.280 e. The van der Waals surface area contributed by atoms with Gasteiger partial charge in [0.2, 0.25) is 5.91 Å². The molecular weight excluding hydrogens is 384 g/mol. The van der Waals surface area contributed by atoms with Crippen molar-refractivity contribution in [1.29, 1.82) is 0 Å². The molecule has 0 aliphatic rings. The Kier molecular flexibility index (Phi) is 6.26. The molecule has 0 unspecified atom stereocenters. The Hall–Kier alpha value is -3.94. The lowest BCUT2D eigenvalue weighted by atomic mass is 10.1. The third-order valence-electron chi connectivity index (χ3n) is 4.48. The number of anilines is 1. The summed E-state index contributed by atoms with van der Waals surface area (Å²) in [5, 5.41) is 16.6. The number of hydrogen-bond acceptors (Lipinski definition) is 5. The summed E-state index contributed by atoms with van der Waals surface area (Å²) in [6.45, 7) is 3.40. The predicted molar refractivity (Wildman–Crippen MR) is 112 cm³/mol. The Morgan fingerprint density at radius 1 is 1.17 bits per heavy atom. The van der Waals surface area contributed by atoms with Gasteiger partial charge in [0.15, 0.2) is 0 Å². The summed E-state index contributed by atoms with van der Waals surface area (Å²) in [5.41, 5.74) is 2.71. The van der Waals surface area contributed by atoms with E-state index in [4.69, 9.17) is 0 Å². The number of aromatic nitrogens is 2. The fourth-order valence-electron chi connectivity index (χ4n) is 3.06. The molecule has 3 rings (SSSR count). The van der Waals surface area contributed by atoms with Crippen molar-refractivity contribution in [3.63, 3.8) is 0 Å². The minimum Gasteiger partial charge on any atom is -0.550 e. The van der Waals surface area contributed by atoms with E-state index in [1.165, 1.54) is 17.8 Å². The minimum absolute atomic E-state index is 0.149. The molecule has 1 aromatic heterocycles. The quantitative estimate of drug-likeness (QED) is 0.582. The van der Waals surface area contributed by atoms with Crippen molar-refractivity contribution in [3.8, 4) is 5.69 Å². The average molecular weight is 405 g/mol. The molecule has 1 amide bonds. The molecule has 0 fully saturated rings. The first-order valence-electron chi connectivity index (χ1n) is 9.42. The smallest absolute Gasteiger partial charge is 0.280 e. The Morgan fingerprint density at radius 2 is 1.87 bits per heavy atom. The number of nitrogens with zero attached hydrogens (tertiary/aromatic N) is 2.